The van der Waals surface area contributed by atoms with Crippen molar-refractivity contribution in [3.63, 3.8) is 0 Å². The number of esters is 1. The summed E-state index contributed by atoms with van der Waals surface area (Å²) in [5, 5.41) is 0. The maximum atomic E-state index is 12.2. The van der Waals surface area contributed by atoms with Crippen molar-refractivity contribution in [2.75, 3.05) is 19.7 Å². The highest BCUT2D eigenvalue weighted by atomic mass is 16.5. The van der Waals surface area contributed by atoms with Crippen molar-refractivity contribution < 1.29 is 14.3 Å². The number of likely N-dealkylation sites (tertiary alicyclic amines) is 1. The first-order chi connectivity index (χ1) is 8.72. The van der Waals surface area contributed by atoms with Crippen LogP contribution in [-0.2, 0) is 14.3 Å². The highest BCUT2D eigenvalue weighted by Gasteiger charge is 2.32. The van der Waals surface area contributed by atoms with E-state index in [1.807, 2.05) is 11.8 Å². The van der Waals surface area contributed by atoms with E-state index in [0.29, 0.717) is 12.5 Å². The van der Waals surface area contributed by atoms with Crippen molar-refractivity contribution in [2.24, 2.45) is 11.8 Å². The first-order valence-corrected chi connectivity index (χ1v) is 7.17. The summed E-state index contributed by atoms with van der Waals surface area (Å²) in [4.78, 5) is 25.8. The smallest absolute Gasteiger partial charge is 0.309 e. The molecule has 2 fully saturated rings. The molecule has 4 nitrogen and oxygen atoms in total. The Morgan fingerprint density at radius 1 is 1.06 bits per heavy atom. The van der Waals surface area contributed by atoms with Crippen LogP contribution >= 0.6 is 0 Å². The zero-order chi connectivity index (χ0) is 13.0. The molecular weight excluding hydrogens is 230 g/mol. The zero-order valence-corrected chi connectivity index (χ0v) is 11.2. The molecule has 1 heterocycles. The molecule has 2 aliphatic rings. The van der Waals surface area contributed by atoms with Crippen LogP contribution in [0.15, 0.2) is 0 Å². The number of hydrogen-bond donors (Lipinski definition) is 0. The molecule has 102 valence electrons. The SMILES string of the molecule is CCOC(=O)C1CCN(C(=O)C2CCCC2)CC1. The van der Waals surface area contributed by atoms with Crippen molar-refractivity contribution in [3.05, 3.63) is 0 Å². The number of carbonyl (C=O) groups is 2. The average molecular weight is 253 g/mol. The van der Waals surface area contributed by atoms with Crippen LogP contribution in [0.2, 0.25) is 0 Å². The molecule has 0 aromatic heterocycles. The number of piperidine rings is 1. The van der Waals surface area contributed by atoms with Gasteiger partial charge < -0.3 is 9.64 Å². The molecule has 0 aromatic rings. The normalized spacial score (nSPS) is 22.2. The molecule has 0 aromatic carbocycles. The predicted molar refractivity (Wildman–Crippen MR) is 67.9 cm³/mol. The molecule has 0 radical (unpaired) electrons. The first-order valence-electron chi connectivity index (χ1n) is 7.17. The summed E-state index contributed by atoms with van der Waals surface area (Å²) in [5.41, 5.74) is 0. The lowest BCUT2D eigenvalue weighted by Gasteiger charge is -2.32. The fraction of sp³-hybridized carbons (Fsp3) is 0.857. The molecule has 0 bridgehead atoms. The van der Waals surface area contributed by atoms with Gasteiger partial charge in [-0.25, -0.2) is 0 Å². The fourth-order valence-electron chi connectivity index (χ4n) is 3.03. The quantitative estimate of drug-likeness (QED) is 0.722. The van der Waals surface area contributed by atoms with Crippen LogP contribution in [0.4, 0.5) is 0 Å². The molecule has 1 aliphatic carbocycles. The number of nitrogens with zero attached hydrogens (tertiary/aromatic N) is 1. The molecule has 1 saturated heterocycles. The Bertz CT molecular complexity index is 302. The minimum Gasteiger partial charge on any atom is -0.466 e. The van der Waals surface area contributed by atoms with Crippen LogP contribution in [0.3, 0.4) is 0 Å². The summed E-state index contributed by atoms with van der Waals surface area (Å²) >= 11 is 0. The third-order valence-electron chi connectivity index (χ3n) is 4.13. The van der Waals surface area contributed by atoms with Gasteiger partial charge in [-0.15, -0.1) is 0 Å². The molecule has 0 N–H and O–H groups in total. The van der Waals surface area contributed by atoms with Crippen molar-refractivity contribution in [3.8, 4) is 0 Å². The molecule has 1 aliphatic heterocycles. The number of carbonyl (C=O) groups excluding carboxylic acids is 2. The van der Waals surface area contributed by atoms with Crippen LogP contribution in [0.25, 0.3) is 0 Å². The van der Waals surface area contributed by atoms with Gasteiger partial charge in [-0.3, -0.25) is 9.59 Å². The lowest BCUT2D eigenvalue weighted by atomic mass is 9.95. The van der Waals surface area contributed by atoms with Gasteiger partial charge in [0, 0.05) is 19.0 Å². The summed E-state index contributed by atoms with van der Waals surface area (Å²) in [6.45, 7) is 3.72. The topological polar surface area (TPSA) is 46.6 Å². The minimum atomic E-state index is -0.0922. The van der Waals surface area contributed by atoms with E-state index in [0.717, 1.165) is 38.8 Å². The molecule has 2 rings (SSSR count). The third kappa shape index (κ3) is 3.03. The Hall–Kier alpha value is -1.06. The fourth-order valence-corrected chi connectivity index (χ4v) is 3.03. The Kier molecular flexibility index (Phi) is 4.61. The second kappa shape index (κ2) is 6.21. The maximum absolute atomic E-state index is 12.2. The minimum absolute atomic E-state index is 0.00224. The van der Waals surface area contributed by atoms with E-state index >= 15 is 0 Å². The van der Waals surface area contributed by atoms with Gasteiger partial charge in [0.15, 0.2) is 0 Å². The van der Waals surface area contributed by atoms with Gasteiger partial charge in [0.2, 0.25) is 5.91 Å². The van der Waals surface area contributed by atoms with E-state index in [4.69, 9.17) is 4.74 Å². The highest BCUT2D eigenvalue weighted by Crippen LogP contribution is 2.28. The van der Waals surface area contributed by atoms with Crippen LogP contribution in [0.1, 0.15) is 45.4 Å². The van der Waals surface area contributed by atoms with E-state index in [-0.39, 0.29) is 17.8 Å². The summed E-state index contributed by atoms with van der Waals surface area (Å²) in [5.74, 6) is 0.474. The summed E-state index contributed by atoms with van der Waals surface area (Å²) in [6.07, 6.45) is 6.01. The lowest BCUT2D eigenvalue weighted by Crippen LogP contribution is -2.42. The van der Waals surface area contributed by atoms with Crippen LogP contribution in [0.5, 0.6) is 0 Å². The second-order valence-electron chi connectivity index (χ2n) is 5.33. The first kappa shape index (κ1) is 13.4. The van der Waals surface area contributed by atoms with E-state index in [9.17, 15) is 9.59 Å². The predicted octanol–water partition coefficient (Wildman–Crippen LogP) is 1.98. The number of rotatable bonds is 3. The van der Waals surface area contributed by atoms with Gasteiger partial charge in [-0.1, -0.05) is 12.8 Å². The highest BCUT2D eigenvalue weighted by molar-refractivity contribution is 5.79. The van der Waals surface area contributed by atoms with Gasteiger partial charge in [-0.05, 0) is 32.6 Å². The molecule has 0 spiro atoms. The summed E-state index contributed by atoms with van der Waals surface area (Å²) < 4.78 is 5.03. The maximum Gasteiger partial charge on any atom is 0.309 e. The van der Waals surface area contributed by atoms with E-state index in [1.165, 1.54) is 12.8 Å². The third-order valence-corrected chi connectivity index (χ3v) is 4.13. The van der Waals surface area contributed by atoms with Gasteiger partial charge in [0.25, 0.3) is 0 Å². The van der Waals surface area contributed by atoms with Crippen molar-refractivity contribution >= 4 is 11.9 Å². The summed E-state index contributed by atoms with van der Waals surface area (Å²) in [6, 6.07) is 0. The molecule has 4 heteroatoms. The van der Waals surface area contributed by atoms with Gasteiger partial charge in [0.05, 0.1) is 12.5 Å². The van der Waals surface area contributed by atoms with Crippen molar-refractivity contribution in [1.82, 2.24) is 4.90 Å². The monoisotopic (exact) mass is 253 g/mol. The van der Waals surface area contributed by atoms with Gasteiger partial charge in [-0.2, -0.15) is 0 Å². The molecule has 18 heavy (non-hydrogen) atoms. The Morgan fingerprint density at radius 3 is 2.22 bits per heavy atom. The number of amides is 1. The van der Waals surface area contributed by atoms with Crippen molar-refractivity contribution in [1.29, 1.82) is 0 Å². The molecule has 0 unspecified atom stereocenters. The van der Waals surface area contributed by atoms with Crippen LogP contribution in [0, 0.1) is 11.8 Å². The van der Waals surface area contributed by atoms with Crippen LogP contribution in [-0.4, -0.2) is 36.5 Å². The average Bonchev–Trinajstić information content (AvgIpc) is 2.92. The standard InChI is InChI=1S/C14H23NO3/c1-2-18-14(17)12-7-9-15(10-8-12)13(16)11-5-3-4-6-11/h11-12H,2-10H2,1H3. The lowest BCUT2D eigenvalue weighted by molar-refractivity contribution is -0.151. The van der Waals surface area contributed by atoms with E-state index < -0.39 is 0 Å². The van der Waals surface area contributed by atoms with Gasteiger partial charge in [0.1, 0.15) is 0 Å². The van der Waals surface area contributed by atoms with Crippen LogP contribution < -0.4 is 0 Å². The molecule has 1 saturated carbocycles. The van der Waals surface area contributed by atoms with E-state index in [1.54, 1.807) is 0 Å². The summed E-state index contributed by atoms with van der Waals surface area (Å²) in [7, 11) is 0. The zero-order valence-electron chi connectivity index (χ0n) is 11.2. The van der Waals surface area contributed by atoms with Crippen molar-refractivity contribution in [2.45, 2.75) is 45.4 Å². The largest absolute Gasteiger partial charge is 0.466 e. The number of ether oxygens (including phenoxy) is 1. The molecular formula is C14H23NO3. The Morgan fingerprint density at radius 2 is 1.67 bits per heavy atom. The van der Waals surface area contributed by atoms with Gasteiger partial charge >= 0.3 is 5.97 Å². The van der Waals surface area contributed by atoms with E-state index in [2.05, 4.69) is 0 Å². The Labute approximate surface area is 109 Å². The Balaban J connectivity index is 1.79. The number of hydrogen-bond acceptors (Lipinski definition) is 3. The second-order valence-corrected chi connectivity index (χ2v) is 5.33. The molecule has 0 atom stereocenters. The molecule has 1 amide bonds.